The first-order valence-electron chi connectivity index (χ1n) is 11.9. The quantitative estimate of drug-likeness (QED) is 0.684. The molecule has 4 aliphatic rings. The van der Waals surface area contributed by atoms with Gasteiger partial charge in [0.1, 0.15) is 0 Å². The molecule has 0 aromatic heterocycles. The summed E-state index contributed by atoms with van der Waals surface area (Å²) < 4.78 is 0. The van der Waals surface area contributed by atoms with Crippen LogP contribution in [0.4, 0.5) is 0 Å². The lowest BCUT2D eigenvalue weighted by Crippen LogP contribution is -2.61. The van der Waals surface area contributed by atoms with Crippen LogP contribution in [0.25, 0.3) is 0 Å². The number of aliphatic hydroxyl groups is 1. The molecule has 4 rings (SSSR count). The average molecular weight is 377 g/mol. The summed E-state index contributed by atoms with van der Waals surface area (Å²) in [7, 11) is 0. The van der Waals surface area contributed by atoms with Gasteiger partial charge in [-0.05, 0) is 111 Å². The third-order valence-electron chi connectivity index (χ3n) is 10.5. The van der Waals surface area contributed by atoms with E-state index in [1.165, 1.54) is 51.4 Å². The second-order valence-electron chi connectivity index (χ2n) is 11.4. The molecular formula is C24H44N2O. The van der Waals surface area contributed by atoms with E-state index in [-0.39, 0.29) is 0 Å². The third-order valence-corrected chi connectivity index (χ3v) is 10.5. The molecule has 4 fully saturated rings. The lowest BCUT2D eigenvalue weighted by molar-refractivity contribution is -0.125. The summed E-state index contributed by atoms with van der Waals surface area (Å²) in [5.74, 6) is 4.80. The monoisotopic (exact) mass is 376 g/mol. The van der Waals surface area contributed by atoms with Crippen molar-refractivity contribution < 1.29 is 5.11 Å². The fourth-order valence-corrected chi connectivity index (χ4v) is 8.92. The molecule has 10 atom stereocenters. The van der Waals surface area contributed by atoms with Gasteiger partial charge in [0.15, 0.2) is 0 Å². The molecule has 0 saturated heterocycles. The van der Waals surface area contributed by atoms with Crippen LogP contribution in [-0.4, -0.2) is 23.8 Å². The Hall–Kier alpha value is -0.120. The fourth-order valence-electron chi connectivity index (χ4n) is 8.92. The first kappa shape index (κ1) is 20.2. The summed E-state index contributed by atoms with van der Waals surface area (Å²) in [5.41, 5.74) is 14.2. The van der Waals surface area contributed by atoms with Crippen molar-refractivity contribution in [3.8, 4) is 0 Å². The normalized spacial score (nSPS) is 53.3. The highest BCUT2D eigenvalue weighted by atomic mass is 16.2. The highest BCUT2D eigenvalue weighted by Gasteiger charge is 2.63. The predicted molar refractivity (Wildman–Crippen MR) is 112 cm³/mol. The topological polar surface area (TPSA) is 72.3 Å². The van der Waals surface area contributed by atoms with Gasteiger partial charge < -0.3 is 16.6 Å². The number of fused-ring (bicyclic) bond motifs is 5. The summed E-state index contributed by atoms with van der Waals surface area (Å²) in [5, 5.41) is 9.28. The number of rotatable bonds is 4. The minimum absolute atomic E-state index is 0.310. The molecule has 27 heavy (non-hydrogen) atoms. The van der Waals surface area contributed by atoms with Gasteiger partial charge in [-0.1, -0.05) is 20.8 Å². The molecule has 0 aromatic rings. The van der Waals surface area contributed by atoms with Crippen LogP contribution in [-0.2, 0) is 0 Å². The van der Waals surface area contributed by atoms with Crippen molar-refractivity contribution in [2.45, 2.75) is 97.1 Å². The fraction of sp³-hybridized carbons (Fsp3) is 1.00. The van der Waals surface area contributed by atoms with Crippen LogP contribution in [0.5, 0.6) is 0 Å². The molecule has 4 saturated carbocycles. The summed E-state index contributed by atoms with van der Waals surface area (Å²) in [6, 6.07) is 0.782. The minimum Gasteiger partial charge on any atom is -0.396 e. The van der Waals surface area contributed by atoms with Crippen molar-refractivity contribution in [1.82, 2.24) is 0 Å². The molecule has 156 valence electrons. The van der Waals surface area contributed by atoms with Crippen LogP contribution < -0.4 is 11.5 Å². The van der Waals surface area contributed by atoms with Crippen LogP contribution in [0.3, 0.4) is 0 Å². The molecule has 0 bridgehead atoms. The molecule has 5 N–H and O–H groups in total. The molecule has 4 aliphatic carbocycles. The van der Waals surface area contributed by atoms with Crippen molar-refractivity contribution in [3.63, 3.8) is 0 Å². The number of nitrogens with two attached hydrogens (primary N) is 2. The number of hydrogen-bond donors (Lipinski definition) is 3. The van der Waals surface area contributed by atoms with Crippen LogP contribution in [0.1, 0.15) is 85.0 Å². The Morgan fingerprint density at radius 3 is 2.52 bits per heavy atom. The van der Waals surface area contributed by atoms with E-state index in [2.05, 4.69) is 20.8 Å². The Morgan fingerprint density at radius 1 is 1.00 bits per heavy atom. The van der Waals surface area contributed by atoms with Crippen molar-refractivity contribution >= 4 is 0 Å². The summed E-state index contributed by atoms with van der Waals surface area (Å²) in [6.07, 6.45) is 12.7. The van der Waals surface area contributed by atoms with E-state index in [1.807, 2.05) is 0 Å². The first-order valence-corrected chi connectivity index (χ1v) is 11.9. The lowest BCUT2D eigenvalue weighted by atomic mass is 9.43. The second-order valence-corrected chi connectivity index (χ2v) is 11.4. The third kappa shape index (κ3) is 3.02. The van der Waals surface area contributed by atoms with Crippen LogP contribution in [0, 0.1) is 46.3 Å². The van der Waals surface area contributed by atoms with Crippen molar-refractivity contribution in [2.75, 3.05) is 6.61 Å². The van der Waals surface area contributed by atoms with Gasteiger partial charge in [-0.3, -0.25) is 0 Å². The Labute approximate surface area is 167 Å². The van der Waals surface area contributed by atoms with Gasteiger partial charge in [0.2, 0.25) is 0 Å². The van der Waals surface area contributed by atoms with Crippen molar-refractivity contribution in [2.24, 2.45) is 57.8 Å². The van der Waals surface area contributed by atoms with E-state index in [1.54, 1.807) is 0 Å². The van der Waals surface area contributed by atoms with Crippen LogP contribution in [0.15, 0.2) is 0 Å². The van der Waals surface area contributed by atoms with E-state index in [9.17, 15) is 5.11 Å². The maximum atomic E-state index is 9.28. The molecule has 0 spiro atoms. The molecule has 0 unspecified atom stereocenters. The van der Waals surface area contributed by atoms with Crippen LogP contribution in [0.2, 0.25) is 0 Å². The first-order chi connectivity index (χ1) is 12.8. The maximum absolute atomic E-state index is 9.28. The Balaban J connectivity index is 1.58. The minimum atomic E-state index is 0.310. The van der Waals surface area contributed by atoms with Gasteiger partial charge >= 0.3 is 0 Å². The summed E-state index contributed by atoms with van der Waals surface area (Å²) in [6.45, 7) is 7.91. The van der Waals surface area contributed by atoms with E-state index in [0.29, 0.717) is 35.4 Å². The zero-order chi connectivity index (χ0) is 19.4. The molecule has 0 heterocycles. The van der Waals surface area contributed by atoms with Gasteiger partial charge in [0.25, 0.3) is 0 Å². The van der Waals surface area contributed by atoms with Crippen molar-refractivity contribution in [3.05, 3.63) is 0 Å². The standard InChI is InChI=1S/C24H44N2O/c1-15(5-4-12-27)19-8-9-20-18-7-6-16-13-17(25)10-11-23(16,2)21(18)14-22(26)24(19,20)3/h15-22,27H,4-14,25-26H2,1-3H3/t15-,16-,17-,18+,19-,20+,21+,22+,23+,24-/m1/s1. The molecule has 0 radical (unpaired) electrons. The zero-order valence-electron chi connectivity index (χ0n) is 18.0. The molecule has 0 aliphatic heterocycles. The summed E-state index contributed by atoms with van der Waals surface area (Å²) >= 11 is 0. The highest BCUT2D eigenvalue weighted by Crippen LogP contribution is 2.67. The van der Waals surface area contributed by atoms with E-state index < -0.39 is 0 Å². The molecule has 0 aromatic carbocycles. The number of hydrogen-bond acceptors (Lipinski definition) is 3. The van der Waals surface area contributed by atoms with E-state index >= 15 is 0 Å². The van der Waals surface area contributed by atoms with Gasteiger partial charge in [0, 0.05) is 18.7 Å². The smallest absolute Gasteiger partial charge is 0.0431 e. The average Bonchev–Trinajstić information content (AvgIpc) is 3.00. The SMILES string of the molecule is C[C@H](CCCO)[C@H]1CC[C@H]2[C@@H]3CC[C@@H]4C[C@H](N)CC[C@]4(C)[C@H]3C[C@H](N)[C@]12C. The molecule has 3 nitrogen and oxygen atoms in total. The maximum Gasteiger partial charge on any atom is 0.0431 e. The lowest BCUT2D eigenvalue weighted by Gasteiger charge is -2.63. The summed E-state index contributed by atoms with van der Waals surface area (Å²) in [4.78, 5) is 0. The second kappa shape index (κ2) is 7.29. The van der Waals surface area contributed by atoms with Crippen molar-refractivity contribution in [1.29, 1.82) is 0 Å². The molecular weight excluding hydrogens is 332 g/mol. The van der Waals surface area contributed by atoms with Crippen LogP contribution >= 0.6 is 0 Å². The Morgan fingerprint density at radius 2 is 1.78 bits per heavy atom. The molecule has 0 amide bonds. The highest BCUT2D eigenvalue weighted by molar-refractivity contribution is 5.13. The Bertz CT molecular complexity index is 538. The van der Waals surface area contributed by atoms with E-state index in [0.717, 1.165) is 42.4 Å². The zero-order valence-corrected chi connectivity index (χ0v) is 18.0. The Kier molecular flexibility index (Phi) is 5.44. The molecule has 3 heteroatoms. The van der Waals surface area contributed by atoms with Gasteiger partial charge in [0.05, 0.1) is 0 Å². The van der Waals surface area contributed by atoms with Gasteiger partial charge in [-0.25, -0.2) is 0 Å². The largest absolute Gasteiger partial charge is 0.396 e. The van der Waals surface area contributed by atoms with Gasteiger partial charge in [-0.2, -0.15) is 0 Å². The van der Waals surface area contributed by atoms with Gasteiger partial charge in [-0.15, -0.1) is 0 Å². The predicted octanol–water partition coefficient (Wildman–Crippen LogP) is 4.32. The number of aliphatic hydroxyl groups excluding tert-OH is 1. The van der Waals surface area contributed by atoms with E-state index in [4.69, 9.17) is 11.5 Å².